The zero-order valence-corrected chi connectivity index (χ0v) is 17.4. The molecule has 0 fully saturated rings. The first-order valence-corrected chi connectivity index (χ1v) is 9.68. The Kier molecular flexibility index (Phi) is 5.71. The number of nitrogens with zero attached hydrogens (tertiary/aromatic N) is 2. The average molecular weight is 456 g/mol. The molecule has 1 aromatic heterocycles. The van der Waals surface area contributed by atoms with Gasteiger partial charge < -0.3 is 9.26 Å². The van der Waals surface area contributed by atoms with E-state index in [1.807, 2.05) is 0 Å². The second kappa shape index (κ2) is 8.50. The summed E-state index contributed by atoms with van der Waals surface area (Å²) < 4.78 is 64.2. The first-order valence-electron chi connectivity index (χ1n) is 9.68. The van der Waals surface area contributed by atoms with Gasteiger partial charge in [-0.3, -0.25) is 0 Å². The van der Waals surface area contributed by atoms with E-state index in [1.54, 1.807) is 31.2 Å². The van der Waals surface area contributed by atoms with Gasteiger partial charge in [-0.05, 0) is 60.0 Å². The molecule has 3 aromatic carbocycles. The molecule has 0 amide bonds. The summed E-state index contributed by atoms with van der Waals surface area (Å²) in [5.41, 5.74) is 0.896. The maximum atomic E-state index is 14.2. The molecule has 9 heteroatoms. The van der Waals surface area contributed by atoms with Crippen LogP contribution in [0.4, 0.5) is 17.6 Å². The van der Waals surface area contributed by atoms with Crippen molar-refractivity contribution in [2.24, 2.45) is 0 Å². The molecule has 0 saturated carbocycles. The highest BCUT2D eigenvalue weighted by Gasteiger charge is 2.33. The normalized spacial score (nSPS) is 11.5. The summed E-state index contributed by atoms with van der Waals surface area (Å²) in [4.78, 5) is 15.8. The van der Waals surface area contributed by atoms with E-state index in [4.69, 9.17) is 4.52 Å². The summed E-state index contributed by atoms with van der Waals surface area (Å²) in [5, 5.41) is 3.84. The molecule has 0 N–H and O–H groups in total. The Morgan fingerprint density at radius 2 is 1.70 bits per heavy atom. The standard InChI is InChI=1S/C24H16F4N2O3/c1-13-11-15(8-9-16(13)17-5-3-4-6-19(17)24(26,27)28)22-29-21(30-33-22)14-7-10-18(20(25)12-14)23(31)32-2/h3-12H,1-2H3. The maximum absolute atomic E-state index is 14.2. The van der Waals surface area contributed by atoms with Crippen molar-refractivity contribution in [3.05, 3.63) is 83.2 Å². The highest BCUT2D eigenvalue weighted by Crippen LogP contribution is 2.38. The summed E-state index contributed by atoms with van der Waals surface area (Å²) in [5.74, 6) is -1.41. The van der Waals surface area contributed by atoms with E-state index in [0.29, 0.717) is 16.7 Å². The van der Waals surface area contributed by atoms with Gasteiger partial charge in [-0.15, -0.1) is 0 Å². The van der Waals surface area contributed by atoms with Gasteiger partial charge in [0.25, 0.3) is 5.89 Å². The van der Waals surface area contributed by atoms with Crippen LogP contribution in [0, 0.1) is 12.7 Å². The molecule has 0 aliphatic carbocycles. The number of hydrogen-bond donors (Lipinski definition) is 0. The Balaban J connectivity index is 1.66. The monoisotopic (exact) mass is 456 g/mol. The number of aromatic nitrogens is 2. The molecule has 0 aliphatic heterocycles. The SMILES string of the molecule is COC(=O)c1ccc(-c2noc(-c3ccc(-c4ccccc4C(F)(F)F)c(C)c3)n2)cc1F. The molecule has 4 aromatic rings. The van der Waals surface area contributed by atoms with E-state index in [0.717, 1.165) is 19.2 Å². The molecule has 0 saturated heterocycles. The number of methoxy groups -OCH3 is 1. The van der Waals surface area contributed by atoms with Crippen LogP contribution in [0.1, 0.15) is 21.5 Å². The summed E-state index contributed by atoms with van der Waals surface area (Å²) >= 11 is 0. The number of ether oxygens (including phenoxy) is 1. The number of hydrogen-bond acceptors (Lipinski definition) is 5. The molecule has 0 unspecified atom stereocenters. The number of halogens is 4. The minimum atomic E-state index is -4.48. The van der Waals surface area contributed by atoms with Crippen molar-refractivity contribution in [2.45, 2.75) is 13.1 Å². The molecule has 168 valence electrons. The highest BCUT2D eigenvalue weighted by atomic mass is 19.4. The van der Waals surface area contributed by atoms with Gasteiger partial charge in [0, 0.05) is 11.1 Å². The van der Waals surface area contributed by atoms with Crippen molar-refractivity contribution >= 4 is 5.97 Å². The van der Waals surface area contributed by atoms with Crippen LogP contribution in [-0.2, 0) is 10.9 Å². The van der Waals surface area contributed by atoms with Crippen LogP contribution in [0.15, 0.2) is 65.2 Å². The van der Waals surface area contributed by atoms with Gasteiger partial charge in [-0.25, -0.2) is 9.18 Å². The number of benzene rings is 3. The van der Waals surface area contributed by atoms with Gasteiger partial charge in [-0.1, -0.05) is 29.4 Å². The molecule has 0 aliphatic rings. The van der Waals surface area contributed by atoms with Gasteiger partial charge in [0.1, 0.15) is 5.82 Å². The molecule has 4 rings (SSSR count). The van der Waals surface area contributed by atoms with Crippen molar-refractivity contribution in [1.82, 2.24) is 10.1 Å². The fraction of sp³-hybridized carbons (Fsp3) is 0.125. The van der Waals surface area contributed by atoms with Crippen molar-refractivity contribution in [1.29, 1.82) is 0 Å². The predicted octanol–water partition coefficient (Wildman–Crippen LogP) is 6.32. The minimum absolute atomic E-state index is 0.0708. The smallest absolute Gasteiger partial charge is 0.417 e. The van der Waals surface area contributed by atoms with Crippen LogP contribution >= 0.6 is 0 Å². The van der Waals surface area contributed by atoms with Crippen molar-refractivity contribution in [3.63, 3.8) is 0 Å². The Hall–Kier alpha value is -4.01. The molecule has 0 radical (unpaired) electrons. The van der Waals surface area contributed by atoms with Crippen LogP contribution in [0.25, 0.3) is 34.0 Å². The third-order valence-corrected chi connectivity index (χ3v) is 5.05. The van der Waals surface area contributed by atoms with E-state index < -0.39 is 23.5 Å². The van der Waals surface area contributed by atoms with Crippen molar-refractivity contribution in [3.8, 4) is 34.0 Å². The number of esters is 1. The summed E-state index contributed by atoms with van der Waals surface area (Å²) in [6, 6.07) is 13.9. The van der Waals surface area contributed by atoms with Crippen molar-refractivity contribution in [2.75, 3.05) is 7.11 Å². The fourth-order valence-electron chi connectivity index (χ4n) is 3.45. The topological polar surface area (TPSA) is 65.2 Å². The Morgan fingerprint density at radius 1 is 0.970 bits per heavy atom. The van der Waals surface area contributed by atoms with E-state index >= 15 is 0 Å². The van der Waals surface area contributed by atoms with Crippen LogP contribution in [0.5, 0.6) is 0 Å². The third kappa shape index (κ3) is 4.34. The number of carbonyl (C=O) groups is 1. The van der Waals surface area contributed by atoms with E-state index in [2.05, 4.69) is 14.9 Å². The Morgan fingerprint density at radius 3 is 2.36 bits per heavy atom. The van der Waals surface area contributed by atoms with Gasteiger partial charge in [-0.2, -0.15) is 18.2 Å². The van der Waals surface area contributed by atoms with Crippen LogP contribution in [-0.4, -0.2) is 23.2 Å². The van der Waals surface area contributed by atoms with Gasteiger partial charge in [0.15, 0.2) is 0 Å². The molecular weight excluding hydrogens is 440 g/mol. The van der Waals surface area contributed by atoms with Crippen LogP contribution in [0.2, 0.25) is 0 Å². The van der Waals surface area contributed by atoms with E-state index in [-0.39, 0.29) is 28.4 Å². The molecule has 0 spiro atoms. The van der Waals surface area contributed by atoms with Gasteiger partial charge in [0.05, 0.1) is 18.2 Å². The lowest BCUT2D eigenvalue weighted by atomic mass is 9.94. The Bertz CT molecular complexity index is 1350. The van der Waals surface area contributed by atoms with Crippen LogP contribution in [0.3, 0.4) is 0 Å². The zero-order chi connectivity index (χ0) is 23.8. The van der Waals surface area contributed by atoms with Crippen molar-refractivity contribution < 1.29 is 31.6 Å². The second-order valence-corrected chi connectivity index (χ2v) is 7.18. The molecule has 33 heavy (non-hydrogen) atoms. The summed E-state index contributed by atoms with van der Waals surface area (Å²) in [6.07, 6.45) is -4.48. The predicted molar refractivity (Wildman–Crippen MR) is 112 cm³/mol. The number of rotatable bonds is 4. The fourth-order valence-corrected chi connectivity index (χ4v) is 3.45. The maximum Gasteiger partial charge on any atom is 0.417 e. The Labute approximate surface area is 185 Å². The lowest BCUT2D eigenvalue weighted by molar-refractivity contribution is -0.137. The summed E-state index contributed by atoms with van der Waals surface area (Å²) in [6.45, 7) is 1.68. The number of carbonyl (C=O) groups excluding carboxylic acids is 1. The zero-order valence-electron chi connectivity index (χ0n) is 17.4. The quantitative estimate of drug-likeness (QED) is 0.265. The molecule has 0 atom stereocenters. The third-order valence-electron chi connectivity index (χ3n) is 5.05. The second-order valence-electron chi connectivity index (χ2n) is 7.18. The average Bonchev–Trinajstić information content (AvgIpc) is 3.28. The summed E-state index contributed by atoms with van der Waals surface area (Å²) in [7, 11) is 1.15. The molecular formula is C24H16F4N2O3. The molecule has 1 heterocycles. The number of alkyl halides is 3. The first-order chi connectivity index (χ1) is 15.7. The van der Waals surface area contributed by atoms with Crippen LogP contribution < -0.4 is 0 Å². The molecule has 0 bridgehead atoms. The minimum Gasteiger partial charge on any atom is -0.465 e. The molecule has 5 nitrogen and oxygen atoms in total. The largest absolute Gasteiger partial charge is 0.465 e. The van der Waals surface area contributed by atoms with Gasteiger partial charge in [0.2, 0.25) is 5.82 Å². The lowest BCUT2D eigenvalue weighted by Crippen LogP contribution is -2.07. The highest BCUT2D eigenvalue weighted by molar-refractivity contribution is 5.90. The van der Waals surface area contributed by atoms with E-state index in [9.17, 15) is 22.4 Å². The van der Waals surface area contributed by atoms with Gasteiger partial charge >= 0.3 is 12.1 Å². The first kappa shape index (κ1) is 22.2. The number of aryl methyl sites for hydroxylation is 1. The van der Waals surface area contributed by atoms with E-state index in [1.165, 1.54) is 24.3 Å². The lowest BCUT2D eigenvalue weighted by Gasteiger charge is -2.14.